The molecule has 0 fully saturated rings. The van der Waals surface area contributed by atoms with Gasteiger partial charge in [-0.05, 0) is 83.5 Å². The summed E-state index contributed by atoms with van der Waals surface area (Å²) in [4.78, 5) is 24.4. The molecule has 0 aromatic carbocycles. The van der Waals surface area contributed by atoms with E-state index in [1.165, 1.54) is 135 Å². The number of ether oxygens (including phenoxy) is 2. The maximum atomic E-state index is 12.3. The van der Waals surface area contributed by atoms with E-state index in [4.69, 9.17) is 9.47 Å². The van der Waals surface area contributed by atoms with Crippen molar-refractivity contribution in [3.05, 3.63) is 72.9 Å². The molecule has 0 amide bonds. The maximum absolute atomic E-state index is 12.3. The molecule has 0 radical (unpaired) electrons. The van der Waals surface area contributed by atoms with Gasteiger partial charge in [-0.15, -0.1) is 0 Å². The number of esters is 2. The highest BCUT2D eigenvalue weighted by Gasteiger charge is 2.16. The molecule has 5 nitrogen and oxygen atoms in total. The zero-order valence-corrected chi connectivity index (χ0v) is 38.0. The van der Waals surface area contributed by atoms with Gasteiger partial charge in [0.25, 0.3) is 0 Å². The van der Waals surface area contributed by atoms with Gasteiger partial charge in [0.15, 0.2) is 6.10 Å². The minimum Gasteiger partial charge on any atom is -0.462 e. The van der Waals surface area contributed by atoms with Gasteiger partial charge in [0.05, 0.1) is 6.61 Å². The number of unbranched alkanes of at least 4 members (excludes halogenated alkanes) is 24. The fraction of sp³-hybridized carbons (Fsp3) is 0.736. The van der Waals surface area contributed by atoms with Gasteiger partial charge >= 0.3 is 11.9 Å². The lowest BCUT2D eigenvalue weighted by Gasteiger charge is -2.15. The average Bonchev–Trinajstić information content (AvgIpc) is 3.23. The van der Waals surface area contributed by atoms with Crippen LogP contribution >= 0.6 is 0 Å². The molecule has 1 atom stereocenters. The first kappa shape index (κ1) is 55.3. The summed E-state index contributed by atoms with van der Waals surface area (Å²) in [5, 5.41) is 9.62. The maximum Gasteiger partial charge on any atom is 0.306 e. The molecule has 0 aliphatic heterocycles. The van der Waals surface area contributed by atoms with E-state index in [9.17, 15) is 14.7 Å². The number of allylic oxidation sites excluding steroid dienone is 12. The molecule has 0 saturated carbocycles. The lowest BCUT2D eigenvalue weighted by atomic mass is 10.0. The summed E-state index contributed by atoms with van der Waals surface area (Å²) in [5.41, 5.74) is 0. The van der Waals surface area contributed by atoms with Crippen molar-refractivity contribution in [1.82, 2.24) is 0 Å². The van der Waals surface area contributed by atoms with Crippen LogP contribution in [-0.2, 0) is 19.1 Å². The topological polar surface area (TPSA) is 72.8 Å². The SMILES string of the molecule is CC/C=C\C/C=C\C/C=C\C/C=C\CCCCCCCCCCCCC(=O)OC(CO)COC(=O)CCCCCCCCCCC/C=C\C/C=C\CCCCCCC. The first-order valence-corrected chi connectivity index (χ1v) is 24.5. The van der Waals surface area contributed by atoms with E-state index in [1.54, 1.807) is 0 Å². The van der Waals surface area contributed by atoms with Crippen molar-refractivity contribution < 1.29 is 24.2 Å². The summed E-state index contributed by atoms with van der Waals surface area (Å²) >= 11 is 0. The summed E-state index contributed by atoms with van der Waals surface area (Å²) in [6.07, 6.45) is 65.5. The third-order valence-corrected chi connectivity index (χ3v) is 10.5. The van der Waals surface area contributed by atoms with Crippen LogP contribution in [-0.4, -0.2) is 36.4 Å². The average molecular weight is 809 g/mol. The Morgan fingerprint density at radius 2 is 0.741 bits per heavy atom. The predicted molar refractivity (Wildman–Crippen MR) is 251 cm³/mol. The van der Waals surface area contributed by atoms with Crippen LogP contribution in [0.3, 0.4) is 0 Å². The molecule has 58 heavy (non-hydrogen) atoms. The molecule has 0 saturated heterocycles. The molecule has 0 aliphatic rings. The lowest BCUT2D eigenvalue weighted by molar-refractivity contribution is -0.161. The fourth-order valence-electron chi connectivity index (χ4n) is 6.81. The number of carbonyl (C=O) groups is 2. The summed E-state index contributed by atoms with van der Waals surface area (Å²) in [6.45, 7) is 4.02. The monoisotopic (exact) mass is 809 g/mol. The quantitative estimate of drug-likeness (QED) is 0.0377. The van der Waals surface area contributed by atoms with E-state index in [0.717, 1.165) is 70.6 Å². The van der Waals surface area contributed by atoms with Crippen LogP contribution in [0.2, 0.25) is 0 Å². The summed E-state index contributed by atoms with van der Waals surface area (Å²) < 4.78 is 10.7. The molecule has 0 bridgehead atoms. The lowest BCUT2D eigenvalue weighted by Crippen LogP contribution is -2.28. The third kappa shape index (κ3) is 46.0. The molecule has 1 N–H and O–H groups in total. The molecule has 0 aromatic heterocycles. The van der Waals surface area contributed by atoms with Crippen molar-refractivity contribution in [2.24, 2.45) is 0 Å². The Morgan fingerprint density at radius 1 is 0.414 bits per heavy atom. The largest absolute Gasteiger partial charge is 0.462 e. The van der Waals surface area contributed by atoms with Crippen molar-refractivity contribution in [3.8, 4) is 0 Å². The minimum atomic E-state index is -0.779. The van der Waals surface area contributed by atoms with Crippen LogP contribution in [0.1, 0.15) is 232 Å². The Bertz CT molecular complexity index is 1050. The zero-order chi connectivity index (χ0) is 42.1. The van der Waals surface area contributed by atoms with Crippen LogP contribution in [0.5, 0.6) is 0 Å². The zero-order valence-electron chi connectivity index (χ0n) is 38.0. The van der Waals surface area contributed by atoms with Crippen LogP contribution in [0.4, 0.5) is 0 Å². The van der Waals surface area contributed by atoms with Crippen LogP contribution in [0, 0.1) is 0 Å². The van der Waals surface area contributed by atoms with Gasteiger partial charge in [0.2, 0.25) is 0 Å². The van der Waals surface area contributed by atoms with E-state index in [2.05, 4.69) is 86.8 Å². The van der Waals surface area contributed by atoms with Gasteiger partial charge in [0.1, 0.15) is 6.61 Å². The highest BCUT2D eigenvalue weighted by molar-refractivity contribution is 5.70. The molecule has 0 heterocycles. The number of hydrogen-bond acceptors (Lipinski definition) is 5. The minimum absolute atomic E-state index is 0.0718. The van der Waals surface area contributed by atoms with Gasteiger partial charge in [-0.1, -0.05) is 209 Å². The smallest absolute Gasteiger partial charge is 0.306 e. The van der Waals surface area contributed by atoms with E-state index >= 15 is 0 Å². The Hall–Kier alpha value is -2.66. The highest BCUT2D eigenvalue weighted by Crippen LogP contribution is 2.14. The molecule has 0 spiro atoms. The number of rotatable bonds is 44. The predicted octanol–water partition coefficient (Wildman–Crippen LogP) is 16.1. The molecular weight excluding hydrogens is 717 g/mol. The summed E-state index contributed by atoms with van der Waals surface area (Å²) in [7, 11) is 0. The summed E-state index contributed by atoms with van der Waals surface area (Å²) in [5.74, 6) is -0.599. The fourth-order valence-corrected chi connectivity index (χ4v) is 6.81. The van der Waals surface area contributed by atoms with Crippen molar-refractivity contribution in [3.63, 3.8) is 0 Å². The summed E-state index contributed by atoms with van der Waals surface area (Å²) in [6, 6.07) is 0. The third-order valence-electron chi connectivity index (χ3n) is 10.5. The Balaban J connectivity index is 3.54. The van der Waals surface area contributed by atoms with Crippen molar-refractivity contribution in [2.75, 3.05) is 13.2 Å². The van der Waals surface area contributed by atoms with Gasteiger partial charge in [-0.2, -0.15) is 0 Å². The Labute approximate surface area is 359 Å². The Morgan fingerprint density at radius 3 is 1.12 bits per heavy atom. The molecular formula is C53H92O5. The molecule has 5 heteroatoms. The van der Waals surface area contributed by atoms with Gasteiger partial charge in [-0.3, -0.25) is 9.59 Å². The van der Waals surface area contributed by atoms with E-state index < -0.39 is 6.10 Å². The Kier molecular flexibility index (Phi) is 46.5. The van der Waals surface area contributed by atoms with Gasteiger partial charge in [-0.25, -0.2) is 0 Å². The van der Waals surface area contributed by atoms with Crippen LogP contribution in [0.25, 0.3) is 0 Å². The van der Waals surface area contributed by atoms with Crippen LogP contribution in [0.15, 0.2) is 72.9 Å². The molecule has 0 aliphatic carbocycles. The van der Waals surface area contributed by atoms with E-state index in [-0.39, 0.29) is 25.2 Å². The van der Waals surface area contributed by atoms with E-state index in [1.807, 2.05) is 0 Å². The molecule has 0 aromatic rings. The van der Waals surface area contributed by atoms with Crippen molar-refractivity contribution in [1.29, 1.82) is 0 Å². The number of aliphatic hydroxyl groups excluding tert-OH is 1. The second kappa shape index (κ2) is 48.7. The first-order valence-electron chi connectivity index (χ1n) is 24.5. The van der Waals surface area contributed by atoms with Crippen LogP contribution < -0.4 is 0 Å². The standard InChI is InChI=1S/C53H92O5/c1-3-5-7-9-11-13-15-17-19-21-23-25-26-28-30-32-34-36-38-40-42-44-46-48-53(56)58-51(49-54)50-57-52(55)47-45-43-41-39-37-35-33-31-29-27-24-22-20-18-16-14-12-10-8-6-4-2/h5,7,11,13,16-19,22-25,51,54H,3-4,6,8-10,12,14-15,20-21,26-50H2,1-2H3/b7-5-,13-11-,18-16-,19-17-,24-22-,25-23-. The second-order valence-corrected chi connectivity index (χ2v) is 16.2. The molecule has 1 unspecified atom stereocenters. The van der Waals surface area contributed by atoms with E-state index in [0.29, 0.717) is 12.8 Å². The second-order valence-electron chi connectivity index (χ2n) is 16.2. The number of carbonyl (C=O) groups excluding carboxylic acids is 2. The normalized spacial score (nSPS) is 12.8. The van der Waals surface area contributed by atoms with Gasteiger partial charge in [0, 0.05) is 12.8 Å². The first-order chi connectivity index (χ1) is 28.6. The number of hydrogen-bond donors (Lipinski definition) is 1. The molecule has 0 rings (SSSR count). The molecule has 334 valence electrons. The highest BCUT2D eigenvalue weighted by atomic mass is 16.6. The number of aliphatic hydroxyl groups is 1. The van der Waals surface area contributed by atoms with Crippen molar-refractivity contribution >= 4 is 11.9 Å². The van der Waals surface area contributed by atoms with Gasteiger partial charge < -0.3 is 14.6 Å². The van der Waals surface area contributed by atoms with Crippen molar-refractivity contribution in [2.45, 2.75) is 238 Å².